The topological polar surface area (TPSA) is 61.6 Å². The summed E-state index contributed by atoms with van der Waals surface area (Å²) in [6.45, 7) is 3.49. The van der Waals surface area contributed by atoms with Crippen molar-refractivity contribution in [3.05, 3.63) is 0 Å². The number of ether oxygens (including phenoxy) is 2. The Hall–Kier alpha value is -0.610. The van der Waals surface area contributed by atoms with Crippen molar-refractivity contribution >= 4 is 5.91 Å². The smallest absolute Gasteiger partial charge is 0.243 e. The number of amides is 1. The standard InChI is InChI=1S/C6H13NO3/c1-2-9-3-4-10-5-6(7)8/h2-5H2,1H3,(H2,7,8). The fraction of sp³-hybridized carbons (Fsp3) is 0.833. The summed E-state index contributed by atoms with van der Waals surface area (Å²) in [4.78, 5) is 10.1. The summed E-state index contributed by atoms with van der Waals surface area (Å²) in [7, 11) is 0. The van der Waals surface area contributed by atoms with Crippen molar-refractivity contribution in [2.75, 3.05) is 26.4 Å². The van der Waals surface area contributed by atoms with E-state index in [0.29, 0.717) is 19.8 Å². The zero-order valence-corrected chi connectivity index (χ0v) is 6.13. The Bertz CT molecular complexity index is 95.0. The van der Waals surface area contributed by atoms with Crippen LogP contribution >= 0.6 is 0 Å². The van der Waals surface area contributed by atoms with Crippen LogP contribution < -0.4 is 5.73 Å². The molecule has 4 heteroatoms. The lowest BCUT2D eigenvalue weighted by atomic mass is 10.7. The van der Waals surface area contributed by atoms with Crippen molar-refractivity contribution < 1.29 is 14.3 Å². The Morgan fingerprint density at radius 3 is 2.50 bits per heavy atom. The van der Waals surface area contributed by atoms with Crippen LogP contribution in [0, 0.1) is 0 Å². The van der Waals surface area contributed by atoms with Gasteiger partial charge in [0.05, 0.1) is 13.2 Å². The highest BCUT2D eigenvalue weighted by Crippen LogP contribution is 1.76. The van der Waals surface area contributed by atoms with Crippen LogP contribution in [0.3, 0.4) is 0 Å². The van der Waals surface area contributed by atoms with Gasteiger partial charge in [-0.2, -0.15) is 0 Å². The van der Waals surface area contributed by atoms with E-state index in [9.17, 15) is 4.79 Å². The van der Waals surface area contributed by atoms with Crippen LogP contribution in [0.25, 0.3) is 0 Å². The summed E-state index contributed by atoms with van der Waals surface area (Å²) in [5.41, 5.74) is 4.80. The van der Waals surface area contributed by atoms with E-state index in [4.69, 9.17) is 15.2 Å². The maximum atomic E-state index is 10.1. The Kier molecular flexibility index (Phi) is 6.11. The summed E-state index contributed by atoms with van der Waals surface area (Å²) in [5.74, 6) is -0.448. The minimum atomic E-state index is -0.448. The van der Waals surface area contributed by atoms with Crippen molar-refractivity contribution in [1.82, 2.24) is 0 Å². The molecule has 1 amide bonds. The lowest BCUT2D eigenvalue weighted by Gasteiger charge is -2.00. The van der Waals surface area contributed by atoms with Gasteiger partial charge in [0.25, 0.3) is 0 Å². The van der Waals surface area contributed by atoms with Crippen LogP contribution in [0.4, 0.5) is 0 Å². The van der Waals surface area contributed by atoms with Crippen LogP contribution in [-0.4, -0.2) is 32.3 Å². The molecule has 0 aromatic carbocycles. The third-order valence-electron chi connectivity index (χ3n) is 0.820. The van der Waals surface area contributed by atoms with Gasteiger partial charge >= 0.3 is 0 Å². The Morgan fingerprint density at radius 1 is 1.40 bits per heavy atom. The molecule has 0 atom stereocenters. The second-order valence-corrected chi connectivity index (χ2v) is 1.72. The summed E-state index contributed by atoms with van der Waals surface area (Å²) in [6.07, 6.45) is 0. The fourth-order valence-corrected chi connectivity index (χ4v) is 0.435. The average Bonchev–Trinajstić information content (AvgIpc) is 1.87. The summed E-state index contributed by atoms with van der Waals surface area (Å²) >= 11 is 0. The maximum Gasteiger partial charge on any atom is 0.243 e. The number of carbonyl (C=O) groups excluding carboxylic acids is 1. The van der Waals surface area contributed by atoms with Gasteiger partial charge in [-0.25, -0.2) is 0 Å². The minimum absolute atomic E-state index is 0.0208. The SMILES string of the molecule is CCOCCOCC(N)=O. The number of hydrogen-bond acceptors (Lipinski definition) is 3. The first-order chi connectivity index (χ1) is 4.77. The molecule has 0 saturated heterocycles. The molecule has 0 rings (SSSR count). The third-order valence-corrected chi connectivity index (χ3v) is 0.820. The predicted molar refractivity (Wildman–Crippen MR) is 36.5 cm³/mol. The van der Waals surface area contributed by atoms with Gasteiger partial charge in [0.2, 0.25) is 5.91 Å². The van der Waals surface area contributed by atoms with E-state index in [2.05, 4.69) is 0 Å². The number of hydrogen-bond donors (Lipinski definition) is 1. The molecule has 0 aromatic heterocycles. The molecule has 0 aliphatic carbocycles. The van der Waals surface area contributed by atoms with Crippen LogP contribution in [0.2, 0.25) is 0 Å². The fourth-order valence-electron chi connectivity index (χ4n) is 0.435. The molecular weight excluding hydrogens is 134 g/mol. The first kappa shape index (κ1) is 9.39. The van der Waals surface area contributed by atoms with E-state index in [1.165, 1.54) is 0 Å². The van der Waals surface area contributed by atoms with Crippen molar-refractivity contribution in [1.29, 1.82) is 0 Å². The molecule has 0 unspecified atom stereocenters. The zero-order valence-electron chi connectivity index (χ0n) is 6.13. The largest absolute Gasteiger partial charge is 0.379 e. The van der Waals surface area contributed by atoms with Gasteiger partial charge in [-0.05, 0) is 6.92 Å². The first-order valence-electron chi connectivity index (χ1n) is 3.21. The van der Waals surface area contributed by atoms with Gasteiger partial charge in [-0.3, -0.25) is 4.79 Å². The normalized spacial score (nSPS) is 9.70. The molecule has 60 valence electrons. The van der Waals surface area contributed by atoms with E-state index in [1.54, 1.807) is 0 Å². The highest BCUT2D eigenvalue weighted by molar-refractivity contribution is 5.74. The molecule has 0 saturated carbocycles. The van der Waals surface area contributed by atoms with Crippen LogP contribution in [0.5, 0.6) is 0 Å². The molecule has 0 aliphatic heterocycles. The van der Waals surface area contributed by atoms with Gasteiger partial charge in [0, 0.05) is 6.61 Å². The van der Waals surface area contributed by atoms with E-state index < -0.39 is 5.91 Å². The Balaban J connectivity index is 2.84. The lowest BCUT2D eigenvalue weighted by molar-refractivity contribution is -0.123. The van der Waals surface area contributed by atoms with Gasteiger partial charge in [0.15, 0.2) is 0 Å². The zero-order chi connectivity index (χ0) is 7.82. The molecule has 0 fully saturated rings. The highest BCUT2D eigenvalue weighted by Gasteiger charge is 1.91. The number of carbonyl (C=O) groups is 1. The minimum Gasteiger partial charge on any atom is -0.379 e. The molecule has 2 N–H and O–H groups in total. The van der Waals surface area contributed by atoms with Gasteiger partial charge in [-0.1, -0.05) is 0 Å². The van der Waals surface area contributed by atoms with Gasteiger partial charge in [0.1, 0.15) is 6.61 Å². The van der Waals surface area contributed by atoms with Gasteiger partial charge in [-0.15, -0.1) is 0 Å². The second-order valence-electron chi connectivity index (χ2n) is 1.72. The average molecular weight is 147 g/mol. The predicted octanol–water partition coefficient (Wildman–Crippen LogP) is -0.475. The quantitative estimate of drug-likeness (QED) is 0.516. The molecule has 0 aliphatic rings. The second kappa shape index (κ2) is 6.51. The van der Waals surface area contributed by atoms with E-state index in [1.807, 2.05) is 6.92 Å². The summed E-state index contributed by atoms with van der Waals surface area (Å²) < 4.78 is 9.74. The molecule has 0 radical (unpaired) electrons. The molecular formula is C6H13NO3. The summed E-state index contributed by atoms with van der Waals surface area (Å²) in [6, 6.07) is 0. The Morgan fingerprint density at radius 2 is 2.00 bits per heavy atom. The maximum absolute atomic E-state index is 10.1. The van der Waals surface area contributed by atoms with Crippen LogP contribution in [0.1, 0.15) is 6.92 Å². The summed E-state index contributed by atoms with van der Waals surface area (Å²) in [5, 5.41) is 0. The third kappa shape index (κ3) is 7.39. The number of rotatable bonds is 6. The number of primary amides is 1. The molecule has 0 bridgehead atoms. The van der Waals surface area contributed by atoms with E-state index in [-0.39, 0.29) is 6.61 Å². The van der Waals surface area contributed by atoms with Crippen LogP contribution in [0.15, 0.2) is 0 Å². The Labute approximate surface area is 60.3 Å². The van der Waals surface area contributed by atoms with Crippen molar-refractivity contribution in [2.45, 2.75) is 6.92 Å². The lowest BCUT2D eigenvalue weighted by Crippen LogP contribution is -2.19. The van der Waals surface area contributed by atoms with E-state index >= 15 is 0 Å². The highest BCUT2D eigenvalue weighted by atomic mass is 16.5. The van der Waals surface area contributed by atoms with Crippen molar-refractivity contribution in [3.63, 3.8) is 0 Å². The van der Waals surface area contributed by atoms with Crippen molar-refractivity contribution in [3.8, 4) is 0 Å². The molecule has 4 nitrogen and oxygen atoms in total. The molecule has 0 aromatic rings. The molecule has 10 heavy (non-hydrogen) atoms. The van der Waals surface area contributed by atoms with Crippen molar-refractivity contribution in [2.24, 2.45) is 5.73 Å². The van der Waals surface area contributed by atoms with Gasteiger partial charge < -0.3 is 15.2 Å². The molecule has 0 heterocycles. The molecule has 0 spiro atoms. The number of nitrogens with two attached hydrogens (primary N) is 1. The van der Waals surface area contributed by atoms with Crippen LogP contribution in [-0.2, 0) is 14.3 Å². The monoisotopic (exact) mass is 147 g/mol. The van der Waals surface area contributed by atoms with E-state index in [0.717, 1.165) is 0 Å². The first-order valence-corrected chi connectivity index (χ1v) is 3.21.